The summed E-state index contributed by atoms with van der Waals surface area (Å²) in [7, 11) is 1.27. The maximum atomic E-state index is 10.9. The van der Waals surface area contributed by atoms with Gasteiger partial charge in [-0.15, -0.1) is 0 Å². The molecule has 1 aromatic carbocycles. The Bertz CT molecular complexity index is 465. The van der Waals surface area contributed by atoms with Crippen LogP contribution in [-0.4, -0.2) is 34.4 Å². The molecule has 0 saturated heterocycles. The Morgan fingerprint density at radius 3 is 2.29 bits per heavy atom. The standard InChI is InChI=1S/C11H12O6/c1-5(10(13)14)6-3-7(11(15)16)9(17-2)4-8(6)12/h3-5,12H,1-2H3,(H,13,14)(H,15,16). The van der Waals surface area contributed by atoms with Crippen molar-refractivity contribution in [3.05, 3.63) is 23.3 Å². The minimum absolute atomic E-state index is 0.0173. The van der Waals surface area contributed by atoms with E-state index in [0.717, 1.165) is 12.1 Å². The number of phenols is 1. The number of rotatable bonds is 4. The monoisotopic (exact) mass is 240 g/mol. The van der Waals surface area contributed by atoms with Crippen LogP contribution in [0.2, 0.25) is 0 Å². The summed E-state index contributed by atoms with van der Waals surface area (Å²) in [5, 5.41) is 27.4. The van der Waals surface area contributed by atoms with Crippen molar-refractivity contribution >= 4 is 11.9 Å². The molecular formula is C11H12O6. The molecule has 1 atom stereocenters. The van der Waals surface area contributed by atoms with Crippen molar-refractivity contribution in [2.45, 2.75) is 12.8 Å². The predicted octanol–water partition coefficient (Wildman–Crippen LogP) is 1.29. The smallest absolute Gasteiger partial charge is 0.339 e. The van der Waals surface area contributed by atoms with E-state index in [2.05, 4.69) is 0 Å². The van der Waals surface area contributed by atoms with Gasteiger partial charge >= 0.3 is 11.9 Å². The molecule has 92 valence electrons. The molecule has 1 rings (SSSR count). The summed E-state index contributed by atoms with van der Waals surface area (Å²) in [6, 6.07) is 2.20. The lowest BCUT2D eigenvalue weighted by molar-refractivity contribution is -0.138. The first kappa shape index (κ1) is 12.8. The Hall–Kier alpha value is -2.24. The first-order chi connectivity index (χ1) is 7.88. The van der Waals surface area contributed by atoms with E-state index < -0.39 is 17.9 Å². The van der Waals surface area contributed by atoms with Crippen molar-refractivity contribution in [2.75, 3.05) is 7.11 Å². The fourth-order valence-electron chi connectivity index (χ4n) is 1.40. The minimum atomic E-state index is -1.25. The van der Waals surface area contributed by atoms with E-state index in [0.29, 0.717) is 0 Å². The highest BCUT2D eigenvalue weighted by atomic mass is 16.5. The topological polar surface area (TPSA) is 104 Å². The molecule has 0 aliphatic rings. The Morgan fingerprint density at radius 1 is 1.29 bits per heavy atom. The van der Waals surface area contributed by atoms with Gasteiger partial charge in [-0.1, -0.05) is 0 Å². The van der Waals surface area contributed by atoms with Crippen molar-refractivity contribution in [3.8, 4) is 11.5 Å². The van der Waals surface area contributed by atoms with Crippen LogP contribution >= 0.6 is 0 Å². The first-order valence-electron chi connectivity index (χ1n) is 4.75. The SMILES string of the molecule is COc1cc(O)c(C(C)C(=O)O)cc1C(=O)O. The summed E-state index contributed by atoms with van der Waals surface area (Å²) >= 11 is 0. The summed E-state index contributed by atoms with van der Waals surface area (Å²) in [4.78, 5) is 21.7. The molecule has 6 heteroatoms. The summed E-state index contributed by atoms with van der Waals surface area (Å²) < 4.78 is 4.79. The second-order valence-electron chi connectivity index (χ2n) is 3.48. The molecule has 0 saturated carbocycles. The quantitative estimate of drug-likeness (QED) is 0.732. The molecule has 0 bridgehead atoms. The molecule has 0 heterocycles. The lowest BCUT2D eigenvalue weighted by Crippen LogP contribution is -2.10. The third-order valence-electron chi connectivity index (χ3n) is 2.42. The number of ether oxygens (including phenoxy) is 1. The van der Waals surface area contributed by atoms with Gasteiger partial charge in [0, 0.05) is 11.6 Å². The highest BCUT2D eigenvalue weighted by Crippen LogP contribution is 2.33. The van der Waals surface area contributed by atoms with Gasteiger partial charge in [-0.3, -0.25) is 4.79 Å². The molecule has 3 N–H and O–H groups in total. The van der Waals surface area contributed by atoms with Crippen LogP contribution < -0.4 is 4.74 Å². The van der Waals surface area contributed by atoms with Gasteiger partial charge in [0.15, 0.2) is 0 Å². The predicted molar refractivity (Wildman–Crippen MR) is 57.7 cm³/mol. The van der Waals surface area contributed by atoms with Crippen molar-refractivity contribution in [3.63, 3.8) is 0 Å². The van der Waals surface area contributed by atoms with Crippen molar-refractivity contribution in [1.29, 1.82) is 0 Å². The van der Waals surface area contributed by atoms with Gasteiger partial charge < -0.3 is 20.1 Å². The van der Waals surface area contributed by atoms with Gasteiger partial charge in [0.25, 0.3) is 0 Å². The van der Waals surface area contributed by atoms with E-state index in [9.17, 15) is 14.7 Å². The Balaban J connectivity index is 3.39. The summed E-state index contributed by atoms with van der Waals surface area (Å²) in [5.74, 6) is -3.72. The van der Waals surface area contributed by atoms with E-state index in [1.165, 1.54) is 14.0 Å². The Labute approximate surface area is 97.1 Å². The van der Waals surface area contributed by atoms with Crippen LogP contribution in [0.4, 0.5) is 0 Å². The molecule has 6 nitrogen and oxygen atoms in total. The zero-order chi connectivity index (χ0) is 13.2. The van der Waals surface area contributed by atoms with E-state index in [-0.39, 0.29) is 22.6 Å². The number of hydrogen-bond acceptors (Lipinski definition) is 4. The molecule has 17 heavy (non-hydrogen) atoms. The molecular weight excluding hydrogens is 228 g/mol. The maximum absolute atomic E-state index is 10.9. The van der Waals surface area contributed by atoms with Crippen molar-refractivity contribution in [2.24, 2.45) is 0 Å². The Kier molecular flexibility index (Phi) is 3.57. The van der Waals surface area contributed by atoms with E-state index >= 15 is 0 Å². The van der Waals surface area contributed by atoms with Crippen LogP contribution in [0.5, 0.6) is 11.5 Å². The molecule has 0 amide bonds. The molecule has 0 aromatic heterocycles. The molecule has 0 spiro atoms. The second-order valence-corrected chi connectivity index (χ2v) is 3.48. The van der Waals surface area contributed by atoms with Gasteiger partial charge in [-0.05, 0) is 13.0 Å². The molecule has 1 unspecified atom stereocenters. The number of benzene rings is 1. The van der Waals surface area contributed by atoms with E-state index in [1.54, 1.807) is 0 Å². The number of aliphatic carboxylic acids is 1. The van der Waals surface area contributed by atoms with Crippen molar-refractivity contribution in [1.82, 2.24) is 0 Å². The number of aromatic carboxylic acids is 1. The van der Waals surface area contributed by atoms with Gasteiger partial charge in [0.05, 0.1) is 13.0 Å². The number of hydrogen-bond donors (Lipinski definition) is 3. The number of carboxylic acids is 2. The van der Waals surface area contributed by atoms with Crippen LogP contribution in [0.1, 0.15) is 28.8 Å². The lowest BCUT2D eigenvalue weighted by atomic mass is 9.97. The lowest BCUT2D eigenvalue weighted by Gasteiger charge is -2.12. The van der Waals surface area contributed by atoms with Crippen molar-refractivity contribution < 1.29 is 29.6 Å². The number of carboxylic acid groups (broad SMARTS) is 2. The summed E-state index contributed by atoms with van der Waals surface area (Å²) in [5.41, 5.74) is -0.149. The molecule has 0 radical (unpaired) electrons. The molecule has 0 aliphatic carbocycles. The third-order valence-corrected chi connectivity index (χ3v) is 2.42. The van der Waals surface area contributed by atoms with Gasteiger partial charge in [-0.25, -0.2) is 4.79 Å². The fraction of sp³-hybridized carbons (Fsp3) is 0.273. The fourth-order valence-corrected chi connectivity index (χ4v) is 1.40. The van der Waals surface area contributed by atoms with Crippen LogP contribution in [0.3, 0.4) is 0 Å². The van der Waals surface area contributed by atoms with E-state index in [1.807, 2.05) is 0 Å². The molecule has 1 aromatic rings. The number of carbonyl (C=O) groups is 2. The van der Waals surface area contributed by atoms with E-state index in [4.69, 9.17) is 14.9 Å². The molecule has 0 fully saturated rings. The number of methoxy groups -OCH3 is 1. The molecule has 0 aliphatic heterocycles. The van der Waals surface area contributed by atoms with Crippen LogP contribution in [0.25, 0.3) is 0 Å². The average molecular weight is 240 g/mol. The summed E-state index contributed by atoms with van der Waals surface area (Å²) in [6.07, 6.45) is 0. The highest BCUT2D eigenvalue weighted by molar-refractivity contribution is 5.92. The zero-order valence-electron chi connectivity index (χ0n) is 9.30. The van der Waals surface area contributed by atoms with Crippen LogP contribution in [0, 0.1) is 0 Å². The minimum Gasteiger partial charge on any atom is -0.508 e. The van der Waals surface area contributed by atoms with Gasteiger partial charge in [0.2, 0.25) is 0 Å². The number of aromatic hydroxyl groups is 1. The second kappa shape index (κ2) is 4.73. The largest absolute Gasteiger partial charge is 0.508 e. The first-order valence-corrected chi connectivity index (χ1v) is 4.75. The number of phenolic OH excluding ortho intramolecular Hbond substituents is 1. The summed E-state index contributed by atoms with van der Waals surface area (Å²) in [6.45, 7) is 1.36. The van der Waals surface area contributed by atoms with Gasteiger partial charge in [-0.2, -0.15) is 0 Å². The maximum Gasteiger partial charge on any atom is 0.339 e. The van der Waals surface area contributed by atoms with Gasteiger partial charge in [0.1, 0.15) is 17.1 Å². The van der Waals surface area contributed by atoms with Crippen LogP contribution in [-0.2, 0) is 4.79 Å². The average Bonchev–Trinajstić information content (AvgIpc) is 2.27. The Morgan fingerprint density at radius 2 is 1.88 bits per heavy atom. The highest BCUT2D eigenvalue weighted by Gasteiger charge is 2.22. The third kappa shape index (κ3) is 2.47. The zero-order valence-corrected chi connectivity index (χ0v) is 9.30. The normalized spacial score (nSPS) is 11.9. The van der Waals surface area contributed by atoms with Crippen LogP contribution in [0.15, 0.2) is 12.1 Å².